The van der Waals surface area contributed by atoms with Crippen LogP contribution in [0.1, 0.15) is 37.0 Å². The number of nitrogens with two attached hydrogens (primary N) is 1. The quantitative estimate of drug-likeness (QED) is 0.402. The van der Waals surface area contributed by atoms with Crippen LogP contribution in [0.25, 0.3) is 0 Å². The molecule has 7 nitrogen and oxygen atoms in total. The maximum absolute atomic E-state index is 12.1. The van der Waals surface area contributed by atoms with Crippen LogP contribution >= 0.6 is 0 Å². The second-order valence-corrected chi connectivity index (χ2v) is 5.08. The molecule has 0 spiro atoms. The molecule has 0 radical (unpaired) electrons. The van der Waals surface area contributed by atoms with E-state index in [1.807, 2.05) is 13.8 Å². The summed E-state index contributed by atoms with van der Waals surface area (Å²) in [6.07, 6.45) is 1.45. The molecule has 1 rings (SSSR count). The number of aliphatic hydroxyl groups excluding tert-OH is 1. The number of nitrogens with zero attached hydrogens (tertiary/aromatic N) is 1. The van der Waals surface area contributed by atoms with E-state index in [0.29, 0.717) is 6.54 Å². The zero-order valence-electron chi connectivity index (χ0n) is 12.3. The first-order chi connectivity index (χ1) is 9.89. The number of amides is 1. The number of hydrogen-bond acceptors (Lipinski definition) is 5. The minimum atomic E-state index is -0.623. The molecule has 116 valence electrons. The molecule has 7 heteroatoms. The Kier molecular flexibility index (Phi) is 5.66. The number of rotatable bonds is 7. The molecule has 0 heterocycles. The fourth-order valence-electron chi connectivity index (χ4n) is 1.99. The molecule has 0 aliphatic heterocycles. The van der Waals surface area contributed by atoms with E-state index in [2.05, 4.69) is 5.32 Å². The highest BCUT2D eigenvalue weighted by atomic mass is 16.6. The van der Waals surface area contributed by atoms with Gasteiger partial charge in [-0.05, 0) is 25.0 Å². The van der Waals surface area contributed by atoms with Gasteiger partial charge >= 0.3 is 0 Å². The van der Waals surface area contributed by atoms with Crippen molar-refractivity contribution in [1.29, 1.82) is 0 Å². The average Bonchev–Trinajstić information content (AvgIpc) is 2.49. The third-order valence-corrected chi connectivity index (χ3v) is 3.95. The highest BCUT2D eigenvalue weighted by molar-refractivity contribution is 5.95. The summed E-state index contributed by atoms with van der Waals surface area (Å²) in [6.45, 7) is 4.18. The fourth-order valence-corrected chi connectivity index (χ4v) is 1.99. The van der Waals surface area contributed by atoms with Crippen molar-refractivity contribution in [3.8, 4) is 0 Å². The number of carbonyl (C=O) groups is 1. The minimum Gasteiger partial charge on any atom is -0.396 e. The largest absolute Gasteiger partial charge is 0.396 e. The third kappa shape index (κ3) is 3.91. The molecule has 1 aromatic rings. The number of anilines is 1. The Hall–Kier alpha value is -2.15. The van der Waals surface area contributed by atoms with E-state index in [-0.39, 0.29) is 29.0 Å². The van der Waals surface area contributed by atoms with Crippen LogP contribution in [0.5, 0.6) is 0 Å². The van der Waals surface area contributed by atoms with Gasteiger partial charge in [0.05, 0.1) is 11.5 Å². The molecule has 21 heavy (non-hydrogen) atoms. The summed E-state index contributed by atoms with van der Waals surface area (Å²) in [5.74, 6) is -0.419. The highest BCUT2D eigenvalue weighted by Crippen LogP contribution is 2.25. The summed E-state index contributed by atoms with van der Waals surface area (Å²) < 4.78 is 0. The summed E-state index contributed by atoms with van der Waals surface area (Å²) in [7, 11) is 0. The lowest BCUT2D eigenvalue weighted by molar-refractivity contribution is -0.383. The Balaban J connectivity index is 2.85. The van der Waals surface area contributed by atoms with Gasteiger partial charge in [-0.25, -0.2) is 0 Å². The summed E-state index contributed by atoms with van der Waals surface area (Å²) >= 11 is 0. The van der Waals surface area contributed by atoms with Crippen molar-refractivity contribution >= 4 is 17.3 Å². The minimum absolute atomic E-state index is 0.0170. The molecule has 0 atom stereocenters. The molecule has 1 aromatic carbocycles. The smallest absolute Gasteiger partial charge is 0.292 e. The molecule has 0 aromatic heterocycles. The molecule has 0 fully saturated rings. The number of nitro benzene ring substituents is 1. The van der Waals surface area contributed by atoms with Crippen molar-refractivity contribution in [1.82, 2.24) is 5.32 Å². The van der Waals surface area contributed by atoms with E-state index in [1.165, 1.54) is 12.1 Å². The molecule has 1 amide bonds. The molecule has 0 unspecified atom stereocenters. The van der Waals surface area contributed by atoms with E-state index in [4.69, 9.17) is 5.73 Å². The molecule has 0 saturated carbocycles. The van der Waals surface area contributed by atoms with Crippen LogP contribution in [-0.4, -0.2) is 29.1 Å². The number of aliphatic hydroxyl groups is 1. The standard InChI is InChI=1S/C14H21N3O4/c1-3-14(4-2,9-18)8-16-13(19)10-5-6-11(15)12(7-10)17(20)21/h5-7,18H,3-4,8-9,15H2,1-2H3,(H,16,19). The van der Waals surface area contributed by atoms with Gasteiger partial charge in [-0.1, -0.05) is 13.8 Å². The lowest BCUT2D eigenvalue weighted by atomic mass is 9.83. The molecule has 4 N–H and O–H groups in total. The number of nitrogens with one attached hydrogen (secondary N) is 1. The van der Waals surface area contributed by atoms with Crippen LogP contribution in [0.3, 0.4) is 0 Å². The van der Waals surface area contributed by atoms with E-state index in [0.717, 1.165) is 18.9 Å². The van der Waals surface area contributed by atoms with Gasteiger partial charge in [0, 0.05) is 23.6 Å². The van der Waals surface area contributed by atoms with Gasteiger partial charge in [0.15, 0.2) is 0 Å². The van der Waals surface area contributed by atoms with Gasteiger partial charge in [0.25, 0.3) is 11.6 Å². The molecule has 0 bridgehead atoms. The summed E-state index contributed by atoms with van der Waals surface area (Å²) in [5, 5.41) is 23.0. The first kappa shape index (κ1) is 16.9. The molecule has 0 aliphatic carbocycles. The second-order valence-electron chi connectivity index (χ2n) is 5.08. The number of carbonyl (C=O) groups excluding carboxylic acids is 1. The maximum Gasteiger partial charge on any atom is 0.292 e. The van der Waals surface area contributed by atoms with Gasteiger partial charge in [-0.15, -0.1) is 0 Å². The Bertz CT molecular complexity index is 519. The van der Waals surface area contributed by atoms with Crippen LogP contribution in [0, 0.1) is 15.5 Å². The average molecular weight is 295 g/mol. The highest BCUT2D eigenvalue weighted by Gasteiger charge is 2.26. The van der Waals surface area contributed by atoms with Crippen molar-refractivity contribution in [3.63, 3.8) is 0 Å². The molecular weight excluding hydrogens is 274 g/mol. The van der Waals surface area contributed by atoms with Gasteiger partial charge in [0.2, 0.25) is 0 Å². The van der Waals surface area contributed by atoms with Gasteiger partial charge < -0.3 is 16.2 Å². The third-order valence-electron chi connectivity index (χ3n) is 3.95. The van der Waals surface area contributed by atoms with Crippen molar-refractivity contribution in [3.05, 3.63) is 33.9 Å². The number of hydrogen-bond donors (Lipinski definition) is 3. The number of nitro groups is 1. The van der Waals surface area contributed by atoms with Crippen LogP contribution < -0.4 is 11.1 Å². The van der Waals surface area contributed by atoms with Gasteiger partial charge in [-0.2, -0.15) is 0 Å². The topological polar surface area (TPSA) is 118 Å². The van der Waals surface area contributed by atoms with Crippen LogP contribution in [-0.2, 0) is 0 Å². The lowest BCUT2D eigenvalue weighted by Crippen LogP contribution is -2.39. The Labute approximate surface area is 123 Å². The molecule has 0 aliphatic rings. The second kappa shape index (κ2) is 7.03. The zero-order valence-corrected chi connectivity index (χ0v) is 12.3. The van der Waals surface area contributed by atoms with E-state index in [9.17, 15) is 20.0 Å². The number of benzene rings is 1. The van der Waals surface area contributed by atoms with Crippen molar-refractivity contribution in [2.24, 2.45) is 5.41 Å². The normalized spacial score (nSPS) is 11.2. The van der Waals surface area contributed by atoms with Crippen molar-refractivity contribution in [2.75, 3.05) is 18.9 Å². The zero-order chi connectivity index (χ0) is 16.0. The lowest BCUT2D eigenvalue weighted by Gasteiger charge is -2.29. The summed E-state index contributed by atoms with van der Waals surface area (Å²) in [4.78, 5) is 22.3. The van der Waals surface area contributed by atoms with Crippen LogP contribution in [0.15, 0.2) is 18.2 Å². The predicted molar refractivity (Wildman–Crippen MR) is 79.9 cm³/mol. The van der Waals surface area contributed by atoms with Crippen LogP contribution in [0.4, 0.5) is 11.4 Å². The van der Waals surface area contributed by atoms with Gasteiger partial charge in [-0.3, -0.25) is 14.9 Å². The summed E-state index contributed by atoms with van der Waals surface area (Å²) in [6, 6.07) is 3.94. The monoisotopic (exact) mass is 295 g/mol. The summed E-state index contributed by atoms with van der Waals surface area (Å²) in [5.41, 5.74) is 5.03. The van der Waals surface area contributed by atoms with Crippen molar-refractivity contribution in [2.45, 2.75) is 26.7 Å². The number of nitrogen functional groups attached to an aromatic ring is 1. The Morgan fingerprint density at radius 2 is 2.05 bits per heavy atom. The van der Waals surface area contributed by atoms with E-state index < -0.39 is 10.8 Å². The Morgan fingerprint density at radius 3 is 2.52 bits per heavy atom. The fraction of sp³-hybridized carbons (Fsp3) is 0.500. The predicted octanol–water partition coefficient (Wildman–Crippen LogP) is 1.71. The van der Waals surface area contributed by atoms with Crippen molar-refractivity contribution < 1.29 is 14.8 Å². The van der Waals surface area contributed by atoms with E-state index >= 15 is 0 Å². The van der Waals surface area contributed by atoms with E-state index in [1.54, 1.807) is 0 Å². The molecular formula is C14H21N3O4. The van der Waals surface area contributed by atoms with Crippen LogP contribution in [0.2, 0.25) is 0 Å². The SMILES string of the molecule is CCC(CC)(CO)CNC(=O)c1ccc(N)c([N+](=O)[O-])c1. The molecule has 0 saturated heterocycles. The Morgan fingerprint density at radius 1 is 1.43 bits per heavy atom. The first-order valence-corrected chi connectivity index (χ1v) is 6.82. The first-order valence-electron chi connectivity index (χ1n) is 6.82. The van der Waals surface area contributed by atoms with Gasteiger partial charge in [0.1, 0.15) is 5.69 Å². The maximum atomic E-state index is 12.1.